The van der Waals surface area contributed by atoms with Gasteiger partial charge >= 0.3 is 5.97 Å². The second-order valence-electron chi connectivity index (χ2n) is 8.27. The van der Waals surface area contributed by atoms with Crippen molar-refractivity contribution in [1.29, 1.82) is 0 Å². The number of nitrogens with one attached hydrogen (secondary N) is 1. The molecule has 1 aromatic heterocycles. The molecule has 5 rings (SSSR count). The first-order valence-electron chi connectivity index (χ1n) is 11.0. The zero-order valence-corrected chi connectivity index (χ0v) is 21.0. The third kappa shape index (κ3) is 4.60. The Morgan fingerprint density at radius 1 is 1.40 bits per heavy atom. The van der Waals surface area contributed by atoms with Crippen LogP contribution >= 0.6 is 22.9 Å². The van der Waals surface area contributed by atoms with Gasteiger partial charge in [0.15, 0.2) is 10.8 Å². The molecule has 1 aromatic carbocycles. The molecule has 9 nitrogen and oxygen atoms in total. The van der Waals surface area contributed by atoms with Crippen LogP contribution in [-0.4, -0.2) is 67.8 Å². The Morgan fingerprint density at radius 2 is 2.20 bits per heavy atom. The van der Waals surface area contributed by atoms with E-state index in [0.29, 0.717) is 22.1 Å². The number of halogens is 2. The normalized spacial score (nSPS) is 22.6. The molecule has 3 aliphatic rings. The number of nitrogens with zero attached hydrogens (tertiary/aromatic N) is 3. The zero-order valence-electron chi connectivity index (χ0n) is 18.6. The Bertz CT molecular complexity index is 1310. The Balaban J connectivity index is 1.60. The van der Waals surface area contributed by atoms with Gasteiger partial charge in [0.25, 0.3) is 0 Å². The minimum Gasteiger partial charge on any atom is -0.463 e. The number of carbonyl (C=O) groups is 1. The van der Waals surface area contributed by atoms with Crippen molar-refractivity contribution in [1.82, 2.24) is 14.6 Å². The predicted octanol–water partition coefficient (Wildman–Crippen LogP) is 2.65. The van der Waals surface area contributed by atoms with Gasteiger partial charge in [-0.25, -0.2) is 27.3 Å². The van der Waals surface area contributed by atoms with E-state index in [2.05, 4.69) is 9.71 Å². The summed E-state index contributed by atoms with van der Waals surface area (Å²) >= 11 is 7.75. The van der Waals surface area contributed by atoms with Crippen molar-refractivity contribution in [2.45, 2.75) is 30.7 Å². The number of thiazole rings is 1. The van der Waals surface area contributed by atoms with Crippen LogP contribution in [-0.2, 0) is 24.3 Å². The highest BCUT2D eigenvalue weighted by Gasteiger charge is 2.44. The van der Waals surface area contributed by atoms with E-state index in [1.54, 1.807) is 18.5 Å². The summed E-state index contributed by atoms with van der Waals surface area (Å²) < 4.78 is 52.5. The molecule has 0 bridgehead atoms. The first-order chi connectivity index (χ1) is 16.8. The molecule has 13 heteroatoms. The van der Waals surface area contributed by atoms with Crippen LogP contribution in [0.2, 0.25) is 5.02 Å². The highest BCUT2D eigenvalue weighted by Crippen LogP contribution is 2.42. The van der Waals surface area contributed by atoms with Gasteiger partial charge in [-0.1, -0.05) is 17.7 Å². The Labute approximate surface area is 210 Å². The number of carbonyl (C=O) groups excluding carboxylic acids is 1. The molecule has 1 unspecified atom stereocenters. The fraction of sp³-hybridized carbons (Fsp3) is 0.409. The lowest BCUT2D eigenvalue weighted by Crippen LogP contribution is -2.50. The summed E-state index contributed by atoms with van der Waals surface area (Å²) in [6.07, 6.45) is 1.88. The molecule has 0 amide bonds. The molecule has 2 aromatic rings. The number of aliphatic imine (C=N–C) groups is 1. The molecule has 4 heterocycles. The Hall–Kier alpha value is -2.38. The minimum atomic E-state index is -3.60. The molecular weight excluding hydrogens is 519 g/mol. The first-order valence-corrected chi connectivity index (χ1v) is 13.8. The smallest absolute Gasteiger partial charge is 0.338 e. The van der Waals surface area contributed by atoms with Crippen molar-refractivity contribution in [2.24, 2.45) is 4.99 Å². The zero-order chi connectivity index (χ0) is 24.7. The summed E-state index contributed by atoms with van der Waals surface area (Å²) in [6, 6.07) is 2.54. The van der Waals surface area contributed by atoms with Crippen molar-refractivity contribution < 1.29 is 27.1 Å². The lowest BCUT2D eigenvalue weighted by atomic mass is 9.94. The largest absolute Gasteiger partial charge is 0.463 e. The van der Waals surface area contributed by atoms with Crippen molar-refractivity contribution in [2.75, 3.05) is 26.4 Å². The van der Waals surface area contributed by atoms with Gasteiger partial charge in [-0.2, -0.15) is 0 Å². The number of sulfonamides is 1. The van der Waals surface area contributed by atoms with Gasteiger partial charge in [-0.15, -0.1) is 11.3 Å². The van der Waals surface area contributed by atoms with Gasteiger partial charge in [0, 0.05) is 46.9 Å². The summed E-state index contributed by atoms with van der Waals surface area (Å²) in [4.78, 5) is 24.2. The molecule has 0 aliphatic carbocycles. The molecule has 3 aliphatic heterocycles. The second kappa shape index (κ2) is 9.58. The van der Waals surface area contributed by atoms with E-state index < -0.39 is 39.1 Å². The van der Waals surface area contributed by atoms with Crippen LogP contribution < -0.4 is 4.72 Å². The van der Waals surface area contributed by atoms with Gasteiger partial charge in [-0.05, 0) is 19.1 Å². The molecule has 2 atom stereocenters. The van der Waals surface area contributed by atoms with Gasteiger partial charge in [0.1, 0.15) is 17.1 Å². The predicted molar refractivity (Wildman–Crippen MR) is 128 cm³/mol. The van der Waals surface area contributed by atoms with Crippen LogP contribution in [0.15, 0.2) is 46.0 Å². The van der Waals surface area contributed by atoms with E-state index in [1.807, 2.05) is 4.90 Å². The summed E-state index contributed by atoms with van der Waals surface area (Å²) in [6.45, 7) is 2.40. The minimum absolute atomic E-state index is 0.119. The summed E-state index contributed by atoms with van der Waals surface area (Å²) in [5, 5.41) is 1.92. The number of hydrogen-bond donors (Lipinski definition) is 1. The van der Waals surface area contributed by atoms with Crippen LogP contribution in [0.1, 0.15) is 30.0 Å². The van der Waals surface area contributed by atoms with E-state index in [1.165, 1.54) is 29.5 Å². The average molecular weight is 541 g/mol. The summed E-state index contributed by atoms with van der Waals surface area (Å²) in [5.41, 5.74) is 1.26. The number of rotatable bonds is 7. The number of amidine groups is 1. The second-order valence-corrected chi connectivity index (χ2v) is 11.6. The van der Waals surface area contributed by atoms with Crippen LogP contribution in [0, 0.1) is 5.82 Å². The standard InChI is InChI=1S/C22H22ClFN4O5S2/c1-2-33-22(29)18-17-8-13(27-35(30,31)14-10-32-11-14)9-28(17)20(21-25-5-6-34-21)26-19(18)15-4-3-12(24)7-16(15)23/h3-7,13-14,19,27H,2,8-11H2,1H3/t13-,19?/m0/s1. The SMILES string of the molecule is CCOC(=O)C1=C2C[C@H](NS(=O)(=O)C3COC3)CN2C(c2nccs2)=NC1c1ccc(F)cc1Cl. The topological polar surface area (TPSA) is 110 Å². The van der Waals surface area contributed by atoms with Gasteiger partial charge < -0.3 is 14.4 Å². The number of benzene rings is 1. The van der Waals surface area contributed by atoms with Crippen LogP contribution in [0.25, 0.3) is 0 Å². The van der Waals surface area contributed by atoms with Gasteiger partial charge in [0.2, 0.25) is 10.0 Å². The molecule has 2 saturated heterocycles. The highest BCUT2D eigenvalue weighted by atomic mass is 35.5. The number of esters is 1. The van der Waals surface area contributed by atoms with E-state index >= 15 is 0 Å². The van der Waals surface area contributed by atoms with Gasteiger partial charge in [0.05, 0.1) is 25.4 Å². The van der Waals surface area contributed by atoms with E-state index in [-0.39, 0.29) is 43.4 Å². The molecule has 186 valence electrons. The Kier molecular flexibility index (Phi) is 6.66. The first kappa shape index (κ1) is 24.3. The lowest BCUT2D eigenvalue weighted by molar-refractivity contribution is -0.139. The van der Waals surface area contributed by atoms with E-state index in [4.69, 9.17) is 26.1 Å². The fourth-order valence-corrected chi connectivity index (χ4v) is 6.59. The molecule has 0 radical (unpaired) electrons. The molecule has 1 N–H and O–H groups in total. The van der Waals surface area contributed by atoms with Crippen molar-refractivity contribution >= 4 is 44.8 Å². The third-order valence-corrected chi connectivity index (χ3v) is 8.92. The molecule has 0 saturated carbocycles. The van der Waals surface area contributed by atoms with Crippen LogP contribution in [0.3, 0.4) is 0 Å². The maximum absolute atomic E-state index is 13.8. The summed E-state index contributed by atoms with van der Waals surface area (Å²) in [7, 11) is -3.60. The molecule has 0 spiro atoms. The molecule has 2 fully saturated rings. The highest BCUT2D eigenvalue weighted by molar-refractivity contribution is 7.90. The monoisotopic (exact) mass is 540 g/mol. The van der Waals surface area contributed by atoms with Crippen molar-refractivity contribution in [3.8, 4) is 0 Å². The number of fused-ring (bicyclic) bond motifs is 1. The van der Waals surface area contributed by atoms with Crippen LogP contribution in [0.4, 0.5) is 4.39 Å². The fourth-order valence-electron chi connectivity index (χ4n) is 4.31. The quantitative estimate of drug-likeness (QED) is 0.538. The van der Waals surface area contributed by atoms with E-state index in [9.17, 15) is 17.6 Å². The van der Waals surface area contributed by atoms with Crippen molar-refractivity contribution in [3.63, 3.8) is 0 Å². The number of ether oxygens (including phenoxy) is 2. The van der Waals surface area contributed by atoms with Gasteiger partial charge in [-0.3, -0.25) is 4.99 Å². The Morgan fingerprint density at radius 3 is 2.83 bits per heavy atom. The van der Waals surface area contributed by atoms with E-state index in [0.717, 1.165) is 0 Å². The molecular formula is C22H22ClFN4O5S2. The molecule has 35 heavy (non-hydrogen) atoms. The van der Waals surface area contributed by atoms with Crippen LogP contribution in [0.5, 0.6) is 0 Å². The maximum Gasteiger partial charge on any atom is 0.338 e. The summed E-state index contributed by atoms with van der Waals surface area (Å²) in [5.74, 6) is -0.612. The lowest BCUT2D eigenvalue weighted by Gasteiger charge is -2.31. The number of aromatic nitrogens is 1. The number of hydrogen-bond acceptors (Lipinski definition) is 9. The van der Waals surface area contributed by atoms with Crippen molar-refractivity contribution in [3.05, 3.63) is 62.5 Å². The third-order valence-electron chi connectivity index (χ3n) is 6.01. The maximum atomic E-state index is 13.8. The average Bonchev–Trinajstić information content (AvgIpc) is 3.40.